The fourth-order valence-electron chi connectivity index (χ4n) is 3.00. The summed E-state index contributed by atoms with van der Waals surface area (Å²) in [5, 5.41) is 3.97. The van der Waals surface area contributed by atoms with E-state index in [1.807, 2.05) is 42.5 Å². The predicted octanol–water partition coefficient (Wildman–Crippen LogP) is 2.70. The van der Waals surface area contributed by atoms with Crippen LogP contribution in [0.3, 0.4) is 0 Å². The number of nitrogens with one attached hydrogen (secondary N) is 2. The third kappa shape index (κ3) is 3.59. The second-order valence-corrected chi connectivity index (χ2v) is 6.29. The number of anilines is 1. The Hall–Kier alpha value is -4.00. The maximum Gasteiger partial charge on any atom is 0.348 e. The Morgan fingerprint density at radius 2 is 1.86 bits per heavy atom. The van der Waals surface area contributed by atoms with Crippen molar-refractivity contribution in [1.82, 2.24) is 15.0 Å². The van der Waals surface area contributed by atoms with Crippen molar-refractivity contribution < 1.29 is 4.79 Å². The molecule has 0 saturated heterocycles. The number of aromatic nitrogens is 3. The quantitative estimate of drug-likeness (QED) is 0.499. The zero-order chi connectivity index (χ0) is 19.5. The first-order valence-electron chi connectivity index (χ1n) is 8.68. The van der Waals surface area contributed by atoms with Gasteiger partial charge in [-0.3, -0.25) is 9.78 Å². The summed E-state index contributed by atoms with van der Waals surface area (Å²) in [6.07, 6.45) is 1.62. The molecule has 0 atom stereocenters. The average molecular weight is 371 g/mol. The van der Waals surface area contributed by atoms with E-state index >= 15 is 0 Å². The van der Waals surface area contributed by atoms with Gasteiger partial charge in [-0.05, 0) is 47.0 Å². The highest BCUT2D eigenvalue weighted by Gasteiger charge is 2.06. The molecule has 0 fully saturated rings. The average Bonchev–Trinajstić information content (AvgIpc) is 2.72. The first-order chi connectivity index (χ1) is 13.6. The molecule has 7 heteroatoms. The minimum absolute atomic E-state index is 0.447. The molecule has 2 aromatic carbocycles. The molecule has 0 aliphatic carbocycles. The van der Waals surface area contributed by atoms with Crippen LogP contribution in [0.15, 0.2) is 71.7 Å². The van der Waals surface area contributed by atoms with Crippen molar-refractivity contribution in [2.75, 3.05) is 5.32 Å². The molecule has 0 saturated carbocycles. The molecule has 0 aliphatic rings. The molecule has 4 N–H and O–H groups in total. The monoisotopic (exact) mass is 371 g/mol. The molecule has 4 aromatic rings. The van der Waals surface area contributed by atoms with Crippen molar-refractivity contribution in [3.05, 3.63) is 88.5 Å². The number of nitrogens with two attached hydrogens (primary N) is 1. The van der Waals surface area contributed by atoms with Gasteiger partial charge in [0.05, 0.1) is 5.39 Å². The SMILES string of the molecule is NC(=O)c1ccc(-c2cccc(CNc3nc(=O)[nH]c4ncccc34)c2)cc1. The Morgan fingerprint density at radius 3 is 2.64 bits per heavy atom. The molecule has 0 radical (unpaired) electrons. The predicted molar refractivity (Wildman–Crippen MR) is 108 cm³/mol. The lowest BCUT2D eigenvalue weighted by atomic mass is 10.0. The summed E-state index contributed by atoms with van der Waals surface area (Å²) in [4.78, 5) is 33.8. The third-order valence-corrected chi connectivity index (χ3v) is 4.39. The lowest BCUT2D eigenvalue weighted by Gasteiger charge is -2.09. The molecule has 1 amide bonds. The second kappa shape index (κ2) is 7.32. The van der Waals surface area contributed by atoms with Crippen LogP contribution < -0.4 is 16.7 Å². The van der Waals surface area contributed by atoms with Gasteiger partial charge in [-0.1, -0.05) is 30.3 Å². The van der Waals surface area contributed by atoms with Crippen molar-refractivity contribution in [2.24, 2.45) is 5.73 Å². The van der Waals surface area contributed by atoms with Gasteiger partial charge in [0, 0.05) is 18.3 Å². The Morgan fingerprint density at radius 1 is 1.04 bits per heavy atom. The van der Waals surface area contributed by atoms with E-state index in [0.717, 1.165) is 22.1 Å². The number of nitrogens with zero attached hydrogens (tertiary/aromatic N) is 2. The molecule has 138 valence electrons. The van der Waals surface area contributed by atoms with Crippen molar-refractivity contribution in [2.45, 2.75) is 6.54 Å². The van der Waals surface area contributed by atoms with Gasteiger partial charge in [0.25, 0.3) is 0 Å². The molecular weight excluding hydrogens is 354 g/mol. The van der Waals surface area contributed by atoms with E-state index in [1.54, 1.807) is 24.4 Å². The van der Waals surface area contributed by atoms with Crippen LogP contribution in [0, 0.1) is 0 Å². The highest BCUT2D eigenvalue weighted by molar-refractivity contribution is 5.93. The number of carbonyl (C=O) groups excluding carboxylic acids is 1. The van der Waals surface area contributed by atoms with E-state index in [-0.39, 0.29) is 0 Å². The Labute approximate surface area is 160 Å². The van der Waals surface area contributed by atoms with Crippen molar-refractivity contribution in [3.63, 3.8) is 0 Å². The molecule has 28 heavy (non-hydrogen) atoms. The zero-order valence-electron chi connectivity index (χ0n) is 14.8. The Bertz CT molecular complexity index is 1220. The maximum atomic E-state index is 11.8. The molecule has 2 heterocycles. The fraction of sp³-hybridized carbons (Fsp3) is 0.0476. The number of hydrogen-bond acceptors (Lipinski definition) is 5. The van der Waals surface area contributed by atoms with Crippen LogP contribution in [0.5, 0.6) is 0 Å². The smallest absolute Gasteiger partial charge is 0.348 e. The van der Waals surface area contributed by atoms with E-state index in [2.05, 4.69) is 20.3 Å². The normalized spacial score (nSPS) is 10.7. The first-order valence-corrected chi connectivity index (χ1v) is 8.68. The number of hydrogen-bond donors (Lipinski definition) is 3. The molecule has 0 spiro atoms. The summed E-state index contributed by atoms with van der Waals surface area (Å²) in [5.41, 5.74) is 8.83. The number of carbonyl (C=O) groups is 1. The van der Waals surface area contributed by atoms with E-state index in [0.29, 0.717) is 23.6 Å². The lowest BCUT2D eigenvalue weighted by molar-refractivity contribution is 0.100. The van der Waals surface area contributed by atoms with Gasteiger partial charge in [-0.15, -0.1) is 0 Å². The van der Waals surface area contributed by atoms with Gasteiger partial charge < -0.3 is 11.1 Å². The van der Waals surface area contributed by atoms with E-state index < -0.39 is 11.6 Å². The highest BCUT2D eigenvalue weighted by atomic mass is 16.1. The lowest BCUT2D eigenvalue weighted by Crippen LogP contribution is -2.14. The van der Waals surface area contributed by atoms with Gasteiger partial charge in [-0.25, -0.2) is 9.78 Å². The van der Waals surface area contributed by atoms with Crippen molar-refractivity contribution in [1.29, 1.82) is 0 Å². The minimum atomic E-state index is -0.448. The number of aromatic amines is 1. The van der Waals surface area contributed by atoms with E-state index in [9.17, 15) is 9.59 Å². The number of H-pyrrole nitrogens is 1. The minimum Gasteiger partial charge on any atom is -0.366 e. The van der Waals surface area contributed by atoms with Crippen LogP contribution in [0.1, 0.15) is 15.9 Å². The number of amides is 1. The molecule has 7 nitrogen and oxygen atoms in total. The second-order valence-electron chi connectivity index (χ2n) is 6.29. The molecule has 2 aromatic heterocycles. The summed E-state index contributed by atoms with van der Waals surface area (Å²) in [5.74, 6) is 0.0413. The van der Waals surface area contributed by atoms with Gasteiger partial charge >= 0.3 is 5.69 Å². The van der Waals surface area contributed by atoms with Crippen LogP contribution in [0.2, 0.25) is 0 Å². The number of benzene rings is 2. The van der Waals surface area contributed by atoms with Crippen LogP contribution in [-0.2, 0) is 6.54 Å². The van der Waals surface area contributed by atoms with Crippen LogP contribution in [-0.4, -0.2) is 20.9 Å². The largest absolute Gasteiger partial charge is 0.366 e. The molecule has 0 aliphatic heterocycles. The topological polar surface area (TPSA) is 114 Å². The maximum absolute atomic E-state index is 11.8. The molecule has 4 rings (SSSR count). The third-order valence-electron chi connectivity index (χ3n) is 4.39. The summed E-state index contributed by atoms with van der Waals surface area (Å²) in [6, 6.07) is 18.8. The van der Waals surface area contributed by atoms with Crippen molar-refractivity contribution >= 4 is 22.8 Å². The number of primary amides is 1. The van der Waals surface area contributed by atoms with Crippen LogP contribution in [0.4, 0.5) is 5.82 Å². The van der Waals surface area contributed by atoms with Crippen molar-refractivity contribution in [3.8, 4) is 11.1 Å². The van der Waals surface area contributed by atoms with E-state index in [1.165, 1.54) is 0 Å². The van der Waals surface area contributed by atoms with Crippen LogP contribution in [0.25, 0.3) is 22.2 Å². The van der Waals surface area contributed by atoms with Crippen LogP contribution >= 0.6 is 0 Å². The summed E-state index contributed by atoms with van der Waals surface area (Å²) in [6.45, 7) is 0.494. The Balaban J connectivity index is 1.58. The molecule has 0 bridgehead atoms. The number of pyridine rings is 1. The van der Waals surface area contributed by atoms with Gasteiger partial charge in [-0.2, -0.15) is 4.98 Å². The molecule has 0 unspecified atom stereocenters. The fourth-order valence-corrected chi connectivity index (χ4v) is 3.00. The highest BCUT2D eigenvalue weighted by Crippen LogP contribution is 2.22. The van der Waals surface area contributed by atoms with Gasteiger partial charge in [0.2, 0.25) is 5.91 Å². The molecular formula is C21H17N5O2. The van der Waals surface area contributed by atoms with Gasteiger partial charge in [0.1, 0.15) is 11.5 Å². The zero-order valence-corrected chi connectivity index (χ0v) is 14.8. The first kappa shape index (κ1) is 17.4. The summed E-state index contributed by atoms with van der Waals surface area (Å²) >= 11 is 0. The van der Waals surface area contributed by atoms with E-state index in [4.69, 9.17) is 5.73 Å². The standard InChI is InChI=1S/C21H17N5O2/c22-18(27)15-8-6-14(7-9-15)16-4-1-3-13(11-16)12-24-20-17-5-2-10-23-19(17)25-21(28)26-20/h1-11H,12H2,(H2,22,27)(H2,23,24,25,26,28). The number of rotatable bonds is 5. The summed E-state index contributed by atoms with van der Waals surface area (Å²) in [7, 11) is 0. The Kier molecular flexibility index (Phi) is 4.55. The number of fused-ring (bicyclic) bond motifs is 1. The van der Waals surface area contributed by atoms with Gasteiger partial charge in [0.15, 0.2) is 0 Å². The summed E-state index contributed by atoms with van der Waals surface area (Å²) < 4.78 is 0.